The highest BCUT2D eigenvalue weighted by Gasteiger charge is 2.12. The van der Waals surface area contributed by atoms with Gasteiger partial charge in [0.15, 0.2) is 0 Å². The molecular formula is C16H23NO3. The molecule has 0 amide bonds. The molecule has 1 aromatic rings. The molecule has 0 bridgehead atoms. The van der Waals surface area contributed by atoms with E-state index in [1.165, 1.54) is 12.8 Å². The van der Waals surface area contributed by atoms with Gasteiger partial charge < -0.3 is 14.8 Å². The van der Waals surface area contributed by atoms with E-state index >= 15 is 0 Å². The fourth-order valence-corrected chi connectivity index (χ4v) is 2.36. The molecule has 0 aromatic heterocycles. The standard InChI is InChI=1S/C16H23NO3/c1-2-20-16(18)15-7-5-13(6-8-15)11-19-12-14-4-3-9-17-10-14/h5-8,14,17H,2-4,9-12H2,1H3. The average molecular weight is 277 g/mol. The SMILES string of the molecule is CCOC(=O)c1ccc(COCC2CCCNC2)cc1. The van der Waals surface area contributed by atoms with E-state index in [1.807, 2.05) is 12.1 Å². The third-order valence-corrected chi connectivity index (χ3v) is 3.49. The van der Waals surface area contributed by atoms with Crippen molar-refractivity contribution >= 4 is 5.97 Å². The summed E-state index contributed by atoms with van der Waals surface area (Å²) in [7, 11) is 0. The van der Waals surface area contributed by atoms with Gasteiger partial charge in [-0.2, -0.15) is 0 Å². The molecule has 0 saturated carbocycles. The maximum Gasteiger partial charge on any atom is 0.338 e. The lowest BCUT2D eigenvalue weighted by molar-refractivity contribution is 0.0526. The zero-order valence-corrected chi connectivity index (χ0v) is 12.1. The molecule has 4 heteroatoms. The summed E-state index contributed by atoms with van der Waals surface area (Å²) in [6.45, 7) is 5.79. The van der Waals surface area contributed by atoms with Crippen LogP contribution in [-0.2, 0) is 16.1 Å². The van der Waals surface area contributed by atoms with Gasteiger partial charge >= 0.3 is 5.97 Å². The average Bonchev–Trinajstić information content (AvgIpc) is 2.49. The van der Waals surface area contributed by atoms with Crippen LogP contribution in [0.25, 0.3) is 0 Å². The zero-order chi connectivity index (χ0) is 14.2. The predicted octanol–water partition coefficient (Wildman–Crippen LogP) is 2.38. The van der Waals surface area contributed by atoms with Crippen LogP contribution in [0.4, 0.5) is 0 Å². The fourth-order valence-electron chi connectivity index (χ4n) is 2.36. The van der Waals surface area contributed by atoms with Gasteiger partial charge in [-0.1, -0.05) is 12.1 Å². The van der Waals surface area contributed by atoms with Crippen molar-refractivity contribution < 1.29 is 14.3 Å². The van der Waals surface area contributed by atoms with Crippen molar-refractivity contribution in [2.75, 3.05) is 26.3 Å². The molecule has 1 aromatic carbocycles. The van der Waals surface area contributed by atoms with Gasteiger partial charge in [0.2, 0.25) is 0 Å². The number of ether oxygens (including phenoxy) is 2. The quantitative estimate of drug-likeness (QED) is 0.811. The van der Waals surface area contributed by atoms with Crippen molar-refractivity contribution in [2.45, 2.75) is 26.4 Å². The summed E-state index contributed by atoms with van der Waals surface area (Å²) in [5.41, 5.74) is 1.67. The minimum Gasteiger partial charge on any atom is -0.462 e. The van der Waals surface area contributed by atoms with Gasteiger partial charge in [0.05, 0.1) is 25.4 Å². The molecule has 1 aliphatic rings. The van der Waals surface area contributed by atoms with Crippen molar-refractivity contribution in [2.24, 2.45) is 5.92 Å². The molecule has 1 saturated heterocycles. The monoisotopic (exact) mass is 277 g/mol. The number of hydrogen-bond donors (Lipinski definition) is 1. The largest absolute Gasteiger partial charge is 0.462 e. The van der Waals surface area contributed by atoms with Gasteiger partial charge in [0.25, 0.3) is 0 Å². The van der Waals surface area contributed by atoms with Crippen molar-refractivity contribution in [3.63, 3.8) is 0 Å². The fraction of sp³-hybridized carbons (Fsp3) is 0.562. The van der Waals surface area contributed by atoms with E-state index in [0.717, 1.165) is 25.3 Å². The lowest BCUT2D eigenvalue weighted by atomic mass is 10.0. The zero-order valence-electron chi connectivity index (χ0n) is 12.1. The molecule has 1 fully saturated rings. The number of benzene rings is 1. The summed E-state index contributed by atoms with van der Waals surface area (Å²) in [4.78, 5) is 11.5. The smallest absolute Gasteiger partial charge is 0.338 e. The molecule has 0 radical (unpaired) electrons. The Hall–Kier alpha value is -1.39. The third kappa shape index (κ3) is 4.62. The summed E-state index contributed by atoms with van der Waals surface area (Å²) in [5.74, 6) is 0.357. The van der Waals surface area contributed by atoms with E-state index in [0.29, 0.717) is 24.7 Å². The van der Waals surface area contributed by atoms with Gasteiger partial charge in [-0.3, -0.25) is 0 Å². The normalized spacial score (nSPS) is 18.8. The van der Waals surface area contributed by atoms with Crippen LogP contribution in [0.15, 0.2) is 24.3 Å². The van der Waals surface area contributed by atoms with Gasteiger partial charge in [-0.05, 0) is 49.9 Å². The number of esters is 1. The summed E-state index contributed by atoms with van der Waals surface area (Å²) in [6, 6.07) is 7.43. The first-order chi connectivity index (χ1) is 9.79. The van der Waals surface area contributed by atoms with Gasteiger partial charge in [-0.15, -0.1) is 0 Å². The van der Waals surface area contributed by atoms with Crippen LogP contribution in [0.3, 0.4) is 0 Å². The second-order valence-electron chi connectivity index (χ2n) is 5.14. The number of nitrogens with one attached hydrogen (secondary N) is 1. The molecule has 1 unspecified atom stereocenters. The van der Waals surface area contributed by atoms with Gasteiger partial charge in [0, 0.05) is 6.54 Å². The minimum absolute atomic E-state index is 0.270. The van der Waals surface area contributed by atoms with Crippen LogP contribution in [0.2, 0.25) is 0 Å². The Kier molecular flexibility index (Phi) is 6.02. The number of carbonyl (C=O) groups is 1. The number of rotatable bonds is 6. The maximum atomic E-state index is 11.5. The van der Waals surface area contributed by atoms with E-state index < -0.39 is 0 Å². The minimum atomic E-state index is -0.270. The van der Waals surface area contributed by atoms with Crippen LogP contribution >= 0.6 is 0 Å². The molecule has 2 rings (SSSR count). The van der Waals surface area contributed by atoms with Gasteiger partial charge in [-0.25, -0.2) is 4.79 Å². The first-order valence-electron chi connectivity index (χ1n) is 7.34. The maximum absolute atomic E-state index is 11.5. The third-order valence-electron chi connectivity index (χ3n) is 3.49. The van der Waals surface area contributed by atoms with Crippen LogP contribution in [-0.4, -0.2) is 32.3 Å². The summed E-state index contributed by atoms with van der Waals surface area (Å²) < 4.78 is 10.7. The Labute approximate surface area is 120 Å². The topological polar surface area (TPSA) is 47.6 Å². The molecule has 20 heavy (non-hydrogen) atoms. The summed E-state index contributed by atoms with van der Waals surface area (Å²) in [6.07, 6.45) is 2.48. The second kappa shape index (κ2) is 8.02. The van der Waals surface area contributed by atoms with E-state index in [-0.39, 0.29) is 5.97 Å². The van der Waals surface area contributed by atoms with Crippen LogP contribution < -0.4 is 5.32 Å². The lowest BCUT2D eigenvalue weighted by Gasteiger charge is -2.22. The van der Waals surface area contributed by atoms with Crippen LogP contribution in [0.5, 0.6) is 0 Å². The first-order valence-corrected chi connectivity index (χ1v) is 7.34. The van der Waals surface area contributed by atoms with E-state index in [1.54, 1.807) is 19.1 Å². The molecule has 0 aliphatic carbocycles. The number of piperidine rings is 1. The van der Waals surface area contributed by atoms with E-state index in [9.17, 15) is 4.79 Å². The highest BCUT2D eigenvalue weighted by molar-refractivity contribution is 5.89. The van der Waals surface area contributed by atoms with Crippen LogP contribution in [0.1, 0.15) is 35.7 Å². The summed E-state index contributed by atoms with van der Waals surface area (Å²) >= 11 is 0. The van der Waals surface area contributed by atoms with Crippen molar-refractivity contribution in [1.29, 1.82) is 0 Å². The van der Waals surface area contributed by atoms with E-state index in [2.05, 4.69) is 5.32 Å². The highest BCUT2D eigenvalue weighted by atomic mass is 16.5. The van der Waals surface area contributed by atoms with Crippen molar-refractivity contribution in [3.05, 3.63) is 35.4 Å². The number of hydrogen-bond acceptors (Lipinski definition) is 4. The Morgan fingerprint density at radius 2 is 2.15 bits per heavy atom. The molecule has 110 valence electrons. The summed E-state index contributed by atoms with van der Waals surface area (Å²) in [5, 5.41) is 3.38. The van der Waals surface area contributed by atoms with Crippen LogP contribution in [0, 0.1) is 5.92 Å². The molecule has 4 nitrogen and oxygen atoms in total. The molecular weight excluding hydrogens is 254 g/mol. The Balaban J connectivity index is 1.74. The second-order valence-corrected chi connectivity index (χ2v) is 5.14. The highest BCUT2D eigenvalue weighted by Crippen LogP contribution is 2.12. The Morgan fingerprint density at radius 3 is 2.80 bits per heavy atom. The number of carbonyl (C=O) groups excluding carboxylic acids is 1. The molecule has 0 spiro atoms. The van der Waals surface area contributed by atoms with Crippen molar-refractivity contribution in [3.8, 4) is 0 Å². The Bertz CT molecular complexity index is 410. The molecule has 1 N–H and O–H groups in total. The molecule has 1 aliphatic heterocycles. The van der Waals surface area contributed by atoms with Gasteiger partial charge in [0.1, 0.15) is 0 Å². The molecule has 1 heterocycles. The predicted molar refractivity (Wildman–Crippen MR) is 77.6 cm³/mol. The van der Waals surface area contributed by atoms with E-state index in [4.69, 9.17) is 9.47 Å². The lowest BCUT2D eigenvalue weighted by Crippen LogP contribution is -2.32. The first kappa shape index (κ1) is 15.0. The molecule has 1 atom stereocenters. The Morgan fingerprint density at radius 1 is 1.35 bits per heavy atom. The van der Waals surface area contributed by atoms with Crippen molar-refractivity contribution in [1.82, 2.24) is 5.32 Å².